The van der Waals surface area contributed by atoms with Gasteiger partial charge >= 0.3 is 0 Å². The zero-order valence-electron chi connectivity index (χ0n) is 10.6. The van der Waals surface area contributed by atoms with Crippen molar-refractivity contribution in [2.75, 3.05) is 17.3 Å². The number of rotatable bonds is 6. The fourth-order valence-corrected chi connectivity index (χ4v) is 1.58. The lowest BCUT2D eigenvalue weighted by Crippen LogP contribution is -2.35. The number of aromatic nitrogens is 2. The second-order valence-electron chi connectivity index (χ2n) is 4.35. The van der Waals surface area contributed by atoms with Gasteiger partial charge in [0.15, 0.2) is 0 Å². The van der Waals surface area contributed by atoms with Gasteiger partial charge in [-0.15, -0.1) is 0 Å². The van der Waals surface area contributed by atoms with Gasteiger partial charge in [-0.2, -0.15) is 0 Å². The van der Waals surface area contributed by atoms with Gasteiger partial charge in [-0.1, -0.05) is 6.92 Å². The predicted octanol–water partition coefficient (Wildman–Crippen LogP) is 1.03. The summed E-state index contributed by atoms with van der Waals surface area (Å²) in [4.78, 5) is 8.23. The summed E-state index contributed by atoms with van der Waals surface area (Å²) in [5.41, 5.74) is 3.22. The molecule has 0 aromatic carbocycles. The smallest absolute Gasteiger partial charge is 0.148 e. The molecule has 0 spiro atoms. The number of hydrazine groups is 1. The standard InChI is InChI=1S/C11H21N5O/c1-4-11(3,5-6-17)15-9-8(2)10(16-12)14-7-13-9/h7,17H,4-6,12H2,1-3H3,(H2,13,14,15,16). The number of anilines is 2. The lowest BCUT2D eigenvalue weighted by molar-refractivity contribution is 0.251. The van der Waals surface area contributed by atoms with E-state index in [1.807, 2.05) is 6.92 Å². The number of aliphatic hydroxyl groups is 1. The highest BCUT2D eigenvalue weighted by Crippen LogP contribution is 2.24. The van der Waals surface area contributed by atoms with Crippen LogP contribution < -0.4 is 16.6 Å². The van der Waals surface area contributed by atoms with Crippen LogP contribution in [0.2, 0.25) is 0 Å². The molecule has 5 N–H and O–H groups in total. The molecule has 1 heterocycles. The summed E-state index contributed by atoms with van der Waals surface area (Å²) in [6.07, 6.45) is 3.01. The second-order valence-corrected chi connectivity index (χ2v) is 4.35. The van der Waals surface area contributed by atoms with Crippen molar-refractivity contribution in [3.8, 4) is 0 Å². The Labute approximate surface area is 102 Å². The Kier molecular flexibility index (Phi) is 4.65. The number of nitrogens with one attached hydrogen (secondary N) is 2. The third kappa shape index (κ3) is 3.28. The Morgan fingerprint density at radius 3 is 2.59 bits per heavy atom. The van der Waals surface area contributed by atoms with Gasteiger partial charge < -0.3 is 15.8 Å². The zero-order chi connectivity index (χ0) is 12.9. The molecule has 0 saturated carbocycles. The van der Waals surface area contributed by atoms with Gasteiger partial charge in [0.05, 0.1) is 0 Å². The Morgan fingerprint density at radius 1 is 1.41 bits per heavy atom. The third-order valence-electron chi connectivity index (χ3n) is 3.08. The summed E-state index contributed by atoms with van der Waals surface area (Å²) in [5.74, 6) is 6.71. The number of hydrogen-bond acceptors (Lipinski definition) is 6. The van der Waals surface area contributed by atoms with Crippen LogP contribution >= 0.6 is 0 Å². The molecule has 1 atom stereocenters. The number of nitrogens with two attached hydrogens (primary N) is 1. The molecule has 1 rings (SSSR count). The lowest BCUT2D eigenvalue weighted by atomic mass is 9.95. The maximum absolute atomic E-state index is 9.08. The van der Waals surface area contributed by atoms with Crippen LogP contribution in [-0.4, -0.2) is 27.2 Å². The van der Waals surface area contributed by atoms with Gasteiger partial charge in [-0.3, -0.25) is 0 Å². The molecule has 0 aliphatic rings. The maximum atomic E-state index is 9.08. The van der Waals surface area contributed by atoms with Gasteiger partial charge in [0.25, 0.3) is 0 Å². The monoisotopic (exact) mass is 239 g/mol. The van der Waals surface area contributed by atoms with Gasteiger partial charge in [-0.25, -0.2) is 15.8 Å². The maximum Gasteiger partial charge on any atom is 0.148 e. The van der Waals surface area contributed by atoms with Crippen LogP contribution in [0.5, 0.6) is 0 Å². The van der Waals surface area contributed by atoms with E-state index in [2.05, 4.69) is 34.6 Å². The summed E-state index contributed by atoms with van der Waals surface area (Å²) in [6.45, 7) is 6.16. The lowest BCUT2D eigenvalue weighted by Gasteiger charge is -2.30. The molecule has 0 saturated heterocycles. The van der Waals surface area contributed by atoms with Crippen LogP contribution in [0.1, 0.15) is 32.3 Å². The van der Waals surface area contributed by atoms with E-state index in [0.717, 1.165) is 17.8 Å². The first-order valence-electron chi connectivity index (χ1n) is 5.73. The van der Waals surface area contributed by atoms with Gasteiger partial charge in [0.2, 0.25) is 0 Å². The molecule has 96 valence electrons. The first-order valence-corrected chi connectivity index (χ1v) is 5.73. The van der Waals surface area contributed by atoms with Crippen molar-refractivity contribution in [3.05, 3.63) is 11.9 Å². The quantitative estimate of drug-likeness (QED) is 0.437. The first kappa shape index (κ1) is 13.7. The molecule has 6 nitrogen and oxygen atoms in total. The number of nitrogen functional groups attached to an aromatic ring is 1. The molecule has 1 aromatic rings. The van der Waals surface area contributed by atoms with Crippen LogP contribution in [-0.2, 0) is 0 Å². The average molecular weight is 239 g/mol. The normalized spacial score (nSPS) is 14.2. The van der Waals surface area contributed by atoms with E-state index in [1.54, 1.807) is 0 Å². The summed E-state index contributed by atoms with van der Waals surface area (Å²) in [5, 5.41) is 12.4. The summed E-state index contributed by atoms with van der Waals surface area (Å²) in [6, 6.07) is 0. The van der Waals surface area contributed by atoms with Crippen LogP contribution in [0.25, 0.3) is 0 Å². The fraction of sp³-hybridized carbons (Fsp3) is 0.636. The minimum atomic E-state index is -0.181. The van der Waals surface area contributed by atoms with E-state index < -0.39 is 0 Å². The van der Waals surface area contributed by atoms with Gasteiger partial charge in [-0.05, 0) is 26.7 Å². The van der Waals surface area contributed by atoms with Crippen LogP contribution in [0.4, 0.5) is 11.6 Å². The van der Waals surface area contributed by atoms with E-state index in [-0.39, 0.29) is 12.1 Å². The van der Waals surface area contributed by atoms with Crippen molar-refractivity contribution in [2.24, 2.45) is 5.84 Å². The van der Waals surface area contributed by atoms with E-state index in [1.165, 1.54) is 6.33 Å². The van der Waals surface area contributed by atoms with Crippen molar-refractivity contribution >= 4 is 11.6 Å². The first-order chi connectivity index (χ1) is 8.06. The topological polar surface area (TPSA) is 96.1 Å². The average Bonchev–Trinajstić information content (AvgIpc) is 2.32. The molecule has 0 radical (unpaired) electrons. The van der Waals surface area contributed by atoms with E-state index >= 15 is 0 Å². The highest BCUT2D eigenvalue weighted by Gasteiger charge is 2.22. The molecular weight excluding hydrogens is 218 g/mol. The Morgan fingerprint density at radius 2 is 2.06 bits per heavy atom. The number of nitrogens with zero attached hydrogens (tertiary/aromatic N) is 2. The molecule has 17 heavy (non-hydrogen) atoms. The summed E-state index contributed by atoms with van der Waals surface area (Å²) >= 11 is 0. The molecule has 1 unspecified atom stereocenters. The second kappa shape index (κ2) is 5.79. The molecule has 0 aliphatic heterocycles. The van der Waals surface area contributed by atoms with E-state index in [0.29, 0.717) is 12.2 Å². The van der Waals surface area contributed by atoms with Crippen LogP contribution in [0, 0.1) is 6.92 Å². The van der Waals surface area contributed by atoms with E-state index in [4.69, 9.17) is 10.9 Å². The minimum absolute atomic E-state index is 0.142. The largest absolute Gasteiger partial charge is 0.396 e. The molecule has 0 fully saturated rings. The SMILES string of the molecule is CCC(C)(CCO)Nc1ncnc(NN)c1C. The molecule has 1 aromatic heterocycles. The van der Waals surface area contributed by atoms with Crippen molar-refractivity contribution in [1.82, 2.24) is 9.97 Å². The fourth-order valence-electron chi connectivity index (χ4n) is 1.58. The number of aliphatic hydroxyl groups excluding tert-OH is 1. The Balaban J connectivity index is 2.93. The highest BCUT2D eigenvalue weighted by atomic mass is 16.3. The van der Waals surface area contributed by atoms with Gasteiger partial charge in [0, 0.05) is 17.7 Å². The van der Waals surface area contributed by atoms with Crippen LogP contribution in [0.15, 0.2) is 6.33 Å². The molecule has 0 amide bonds. The Hall–Kier alpha value is -1.40. The molecule has 0 bridgehead atoms. The molecule has 0 aliphatic carbocycles. The van der Waals surface area contributed by atoms with Crippen molar-refractivity contribution in [3.63, 3.8) is 0 Å². The van der Waals surface area contributed by atoms with Crippen molar-refractivity contribution < 1.29 is 5.11 Å². The number of hydrogen-bond donors (Lipinski definition) is 4. The molecule has 6 heteroatoms. The van der Waals surface area contributed by atoms with E-state index in [9.17, 15) is 0 Å². The predicted molar refractivity (Wildman–Crippen MR) is 68.6 cm³/mol. The minimum Gasteiger partial charge on any atom is -0.396 e. The van der Waals surface area contributed by atoms with Gasteiger partial charge in [0.1, 0.15) is 18.0 Å². The Bertz CT molecular complexity index is 371. The van der Waals surface area contributed by atoms with Crippen molar-refractivity contribution in [1.29, 1.82) is 0 Å². The highest BCUT2D eigenvalue weighted by molar-refractivity contribution is 5.56. The summed E-state index contributed by atoms with van der Waals surface area (Å²) in [7, 11) is 0. The molecular formula is C11H21N5O. The summed E-state index contributed by atoms with van der Waals surface area (Å²) < 4.78 is 0. The van der Waals surface area contributed by atoms with Crippen LogP contribution in [0.3, 0.4) is 0 Å². The zero-order valence-corrected chi connectivity index (χ0v) is 10.6. The van der Waals surface area contributed by atoms with Crippen molar-refractivity contribution in [2.45, 2.75) is 39.2 Å². The third-order valence-corrected chi connectivity index (χ3v) is 3.08.